The van der Waals surface area contributed by atoms with E-state index in [1.165, 1.54) is 5.56 Å². The maximum atomic E-state index is 11.2. The molecular formula is C22H21NO2S. The van der Waals surface area contributed by atoms with Crippen LogP contribution in [0.25, 0.3) is 0 Å². The summed E-state index contributed by atoms with van der Waals surface area (Å²) in [5.41, 5.74) is 4.08. The van der Waals surface area contributed by atoms with Crippen molar-refractivity contribution in [3.63, 3.8) is 0 Å². The number of hydrogen-bond donors (Lipinski definition) is 2. The van der Waals surface area contributed by atoms with Crippen LogP contribution in [0.15, 0.2) is 82.6 Å². The van der Waals surface area contributed by atoms with Gasteiger partial charge in [0, 0.05) is 21.2 Å². The van der Waals surface area contributed by atoms with Crippen LogP contribution in [-0.4, -0.2) is 11.1 Å². The number of carboxylic acids is 1. The van der Waals surface area contributed by atoms with Gasteiger partial charge in [0.05, 0.1) is 6.42 Å². The topological polar surface area (TPSA) is 49.3 Å². The van der Waals surface area contributed by atoms with Crippen LogP contribution in [0.3, 0.4) is 0 Å². The van der Waals surface area contributed by atoms with Crippen molar-refractivity contribution < 1.29 is 9.90 Å². The van der Waals surface area contributed by atoms with Crippen molar-refractivity contribution in [2.24, 2.45) is 0 Å². The zero-order valence-corrected chi connectivity index (χ0v) is 15.4. The lowest BCUT2D eigenvalue weighted by atomic mass is 10.1. The van der Waals surface area contributed by atoms with Crippen LogP contribution in [0, 0.1) is 0 Å². The van der Waals surface area contributed by atoms with Crippen molar-refractivity contribution in [3.05, 3.63) is 83.9 Å². The van der Waals surface area contributed by atoms with E-state index in [4.69, 9.17) is 0 Å². The zero-order chi connectivity index (χ0) is 18.4. The number of hydrogen-bond acceptors (Lipinski definition) is 3. The maximum Gasteiger partial charge on any atom is 0.307 e. The highest BCUT2D eigenvalue weighted by Gasteiger charge is 2.10. The van der Waals surface area contributed by atoms with Crippen molar-refractivity contribution in [3.8, 4) is 0 Å². The third kappa shape index (κ3) is 4.90. The highest BCUT2D eigenvalue weighted by atomic mass is 32.2. The lowest BCUT2D eigenvalue weighted by Gasteiger charge is -2.13. The molecular weight excluding hydrogens is 342 g/mol. The summed E-state index contributed by atoms with van der Waals surface area (Å²) in [6.07, 6.45) is 1.00. The first-order valence-electron chi connectivity index (χ1n) is 8.57. The Kier molecular flexibility index (Phi) is 5.97. The fourth-order valence-electron chi connectivity index (χ4n) is 2.69. The minimum absolute atomic E-state index is 0.0146. The van der Waals surface area contributed by atoms with Gasteiger partial charge in [0.25, 0.3) is 0 Å². The summed E-state index contributed by atoms with van der Waals surface area (Å²) in [6, 6.07) is 24.2. The van der Waals surface area contributed by atoms with Crippen LogP contribution in [0.4, 0.5) is 11.4 Å². The molecule has 0 radical (unpaired) electrons. The molecule has 0 saturated carbocycles. The van der Waals surface area contributed by atoms with Gasteiger partial charge < -0.3 is 10.4 Å². The van der Waals surface area contributed by atoms with Gasteiger partial charge in [-0.1, -0.05) is 55.1 Å². The normalized spacial score (nSPS) is 10.5. The predicted octanol–water partition coefficient (Wildman–Crippen LogP) is 5.77. The maximum absolute atomic E-state index is 11.2. The molecule has 0 bridgehead atoms. The van der Waals surface area contributed by atoms with Gasteiger partial charge in [-0.25, -0.2) is 0 Å². The lowest BCUT2D eigenvalue weighted by molar-refractivity contribution is -0.136. The van der Waals surface area contributed by atoms with Crippen molar-refractivity contribution in [2.45, 2.75) is 29.6 Å². The predicted molar refractivity (Wildman–Crippen MR) is 107 cm³/mol. The number of aryl methyl sites for hydroxylation is 1. The van der Waals surface area contributed by atoms with Crippen LogP contribution in [0.2, 0.25) is 0 Å². The second kappa shape index (κ2) is 8.59. The first-order chi connectivity index (χ1) is 12.6. The zero-order valence-electron chi connectivity index (χ0n) is 14.6. The molecule has 132 valence electrons. The summed E-state index contributed by atoms with van der Waals surface area (Å²) >= 11 is 1.59. The van der Waals surface area contributed by atoms with E-state index in [9.17, 15) is 9.90 Å². The molecule has 3 rings (SSSR count). The smallest absolute Gasteiger partial charge is 0.307 e. The van der Waals surface area contributed by atoms with Gasteiger partial charge >= 0.3 is 5.97 Å². The fourth-order valence-corrected chi connectivity index (χ4v) is 3.69. The summed E-state index contributed by atoms with van der Waals surface area (Å²) < 4.78 is 0. The standard InChI is InChI=1S/C22H21NO2S/c1-2-16-7-6-8-18(13-16)23-19-12-11-17(14-22(24)25)21(15-19)26-20-9-4-3-5-10-20/h3-13,15,23H,2,14H2,1H3,(H,24,25). The number of rotatable bonds is 7. The minimum atomic E-state index is -0.823. The molecule has 0 atom stereocenters. The Hall–Kier alpha value is -2.72. The summed E-state index contributed by atoms with van der Waals surface area (Å²) in [4.78, 5) is 13.2. The third-order valence-corrected chi connectivity index (χ3v) is 5.11. The largest absolute Gasteiger partial charge is 0.481 e. The third-order valence-electron chi connectivity index (χ3n) is 4.00. The molecule has 0 aliphatic rings. The number of nitrogens with one attached hydrogen (secondary N) is 1. The molecule has 26 heavy (non-hydrogen) atoms. The Labute approximate surface area is 158 Å². The van der Waals surface area contributed by atoms with Gasteiger partial charge in [0.2, 0.25) is 0 Å². The van der Waals surface area contributed by atoms with E-state index in [2.05, 4.69) is 24.4 Å². The van der Waals surface area contributed by atoms with Crippen molar-refractivity contribution in [1.82, 2.24) is 0 Å². The van der Waals surface area contributed by atoms with Crippen LogP contribution in [0.1, 0.15) is 18.1 Å². The first-order valence-corrected chi connectivity index (χ1v) is 9.39. The van der Waals surface area contributed by atoms with Gasteiger partial charge in [-0.3, -0.25) is 4.79 Å². The Morgan fingerprint density at radius 1 is 0.962 bits per heavy atom. The molecule has 0 saturated heterocycles. The number of carbonyl (C=O) groups is 1. The molecule has 3 aromatic carbocycles. The van der Waals surface area contributed by atoms with Crippen LogP contribution >= 0.6 is 11.8 Å². The van der Waals surface area contributed by atoms with Gasteiger partial charge in [-0.2, -0.15) is 0 Å². The highest BCUT2D eigenvalue weighted by molar-refractivity contribution is 7.99. The SMILES string of the molecule is CCc1cccc(Nc2ccc(CC(=O)O)c(Sc3ccccc3)c2)c1. The summed E-state index contributed by atoms with van der Waals surface area (Å²) in [7, 11) is 0. The molecule has 0 fully saturated rings. The van der Waals surface area contributed by atoms with Crippen LogP contribution in [-0.2, 0) is 17.6 Å². The van der Waals surface area contributed by atoms with Crippen LogP contribution in [0.5, 0.6) is 0 Å². The minimum Gasteiger partial charge on any atom is -0.481 e. The molecule has 0 spiro atoms. The molecule has 0 aliphatic heterocycles. The van der Waals surface area contributed by atoms with E-state index >= 15 is 0 Å². The molecule has 0 aliphatic carbocycles. The van der Waals surface area contributed by atoms with Crippen molar-refractivity contribution in [1.29, 1.82) is 0 Å². The molecule has 0 heterocycles. The van der Waals surface area contributed by atoms with Gasteiger partial charge in [0.15, 0.2) is 0 Å². The van der Waals surface area contributed by atoms with Crippen molar-refractivity contribution >= 4 is 29.1 Å². The number of aliphatic carboxylic acids is 1. The Balaban J connectivity index is 1.89. The molecule has 3 aromatic rings. The van der Waals surface area contributed by atoms with E-state index in [0.29, 0.717) is 0 Å². The molecule has 0 amide bonds. The average Bonchev–Trinajstić information content (AvgIpc) is 2.64. The van der Waals surface area contributed by atoms with E-state index in [0.717, 1.165) is 33.2 Å². The molecule has 3 nitrogen and oxygen atoms in total. The van der Waals surface area contributed by atoms with E-state index in [1.807, 2.05) is 60.7 Å². The summed E-state index contributed by atoms with van der Waals surface area (Å²) in [5, 5.41) is 12.6. The number of carboxylic acid groups (broad SMARTS) is 1. The summed E-state index contributed by atoms with van der Waals surface area (Å²) in [5.74, 6) is -0.823. The Bertz CT molecular complexity index is 894. The monoisotopic (exact) mass is 363 g/mol. The molecule has 2 N–H and O–H groups in total. The summed E-state index contributed by atoms with van der Waals surface area (Å²) in [6.45, 7) is 2.13. The van der Waals surface area contributed by atoms with Gasteiger partial charge in [-0.05, 0) is 53.9 Å². The Morgan fingerprint density at radius 3 is 2.46 bits per heavy atom. The first kappa shape index (κ1) is 18.1. The molecule has 0 aromatic heterocycles. The van der Waals surface area contributed by atoms with Crippen LogP contribution < -0.4 is 5.32 Å². The number of anilines is 2. The van der Waals surface area contributed by atoms with Gasteiger partial charge in [0.1, 0.15) is 0 Å². The quantitative estimate of drug-likeness (QED) is 0.559. The second-order valence-electron chi connectivity index (χ2n) is 5.99. The Morgan fingerprint density at radius 2 is 1.73 bits per heavy atom. The van der Waals surface area contributed by atoms with E-state index in [1.54, 1.807) is 11.8 Å². The lowest BCUT2D eigenvalue weighted by Crippen LogP contribution is -2.02. The molecule has 4 heteroatoms. The van der Waals surface area contributed by atoms with Gasteiger partial charge in [-0.15, -0.1) is 0 Å². The highest BCUT2D eigenvalue weighted by Crippen LogP contribution is 2.33. The average molecular weight is 363 g/mol. The van der Waals surface area contributed by atoms with E-state index in [-0.39, 0.29) is 6.42 Å². The van der Waals surface area contributed by atoms with Crippen molar-refractivity contribution in [2.75, 3.05) is 5.32 Å². The number of benzene rings is 3. The molecule has 0 unspecified atom stereocenters. The fraction of sp³-hybridized carbons (Fsp3) is 0.136. The van der Waals surface area contributed by atoms with E-state index < -0.39 is 5.97 Å². The second-order valence-corrected chi connectivity index (χ2v) is 7.10.